The maximum atomic E-state index is 11.4. The van der Waals surface area contributed by atoms with Crippen molar-refractivity contribution < 1.29 is 47.9 Å². The first kappa shape index (κ1) is 36.0. The van der Waals surface area contributed by atoms with Crippen molar-refractivity contribution in [2.24, 2.45) is 0 Å². The summed E-state index contributed by atoms with van der Waals surface area (Å²) >= 11 is 0. The third kappa shape index (κ3) is 14.4. The number of hydrogen-bond donors (Lipinski definition) is 0. The minimum atomic E-state index is -6.72. The number of ether oxygens (including phenoxy) is 1. The number of halogens is 6. The molecular formula is C19H38F6NO5PS2. The van der Waals surface area contributed by atoms with E-state index in [9.17, 15) is 43.2 Å². The summed E-state index contributed by atoms with van der Waals surface area (Å²) in [6.07, 6.45) is 18.1. The van der Waals surface area contributed by atoms with Crippen molar-refractivity contribution >= 4 is 27.3 Å². The number of methoxy groups -OCH3 is 1. The van der Waals surface area contributed by atoms with Gasteiger partial charge in [-0.05, 0) is 19.3 Å². The molecule has 0 rings (SSSR count). The molecule has 0 unspecified atom stereocenters. The standard InChI is InChI=1S/C17H38OP.C2F6NO4S2/c1-5-8-11-14-19(17-18-4,15-12-9-6-2)16-13-10-7-3;3-1(4,5)14(10,11)9-15(12,13)2(6,7)8/h5-17H2,1-4H3;/q+1;-1. The van der Waals surface area contributed by atoms with E-state index in [1.54, 1.807) is 0 Å². The van der Waals surface area contributed by atoms with Crippen LogP contribution in [0.1, 0.15) is 78.6 Å². The molecule has 0 aromatic carbocycles. The lowest BCUT2D eigenvalue weighted by molar-refractivity contribution is -0.0444. The fourth-order valence-electron chi connectivity index (χ4n) is 3.11. The van der Waals surface area contributed by atoms with Crippen molar-refractivity contribution in [3.63, 3.8) is 0 Å². The zero-order chi connectivity index (χ0) is 27.1. The van der Waals surface area contributed by atoms with Gasteiger partial charge in [-0.2, -0.15) is 26.3 Å². The summed E-state index contributed by atoms with van der Waals surface area (Å²) in [4.78, 5) is 0. The van der Waals surface area contributed by atoms with Gasteiger partial charge in [0, 0.05) is 14.4 Å². The lowest BCUT2D eigenvalue weighted by Gasteiger charge is -2.27. The molecule has 0 radical (unpaired) electrons. The SMILES string of the molecule is CCCCC[P+](CCCCC)(CCCCC)COC.O=S(=O)([N-]S(=O)(=O)C(F)(F)F)C(F)(F)F. The number of rotatable bonds is 16. The Labute approximate surface area is 201 Å². The van der Waals surface area contributed by atoms with Crippen molar-refractivity contribution in [2.75, 3.05) is 31.9 Å². The molecular weight excluding hydrogens is 531 g/mol. The average Bonchev–Trinajstić information content (AvgIpc) is 2.67. The molecule has 0 fully saturated rings. The zero-order valence-electron chi connectivity index (χ0n) is 20.2. The highest BCUT2D eigenvalue weighted by Crippen LogP contribution is 2.60. The first-order valence-corrected chi connectivity index (χ1v) is 16.6. The Hall–Kier alpha value is -0.170. The van der Waals surface area contributed by atoms with E-state index < -0.39 is 38.3 Å². The minimum Gasteiger partial charge on any atom is -0.421 e. The Morgan fingerprint density at radius 3 is 1.15 bits per heavy atom. The van der Waals surface area contributed by atoms with E-state index in [1.165, 1.54) is 76.3 Å². The zero-order valence-corrected chi connectivity index (χ0v) is 22.7. The molecule has 0 aromatic rings. The lowest BCUT2D eigenvalue weighted by atomic mass is 10.3. The van der Waals surface area contributed by atoms with Gasteiger partial charge in [0.05, 0.1) is 18.5 Å². The van der Waals surface area contributed by atoms with Crippen LogP contribution in [0.15, 0.2) is 0 Å². The van der Waals surface area contributed by atoms with Gasteiger partial charge in [0.25, 0.3) is 0 Å². The predicted molar refractivity (Wildman–Crippen MR) is 125 cm³/mol. The highest BCUT2D eigenvalue weighted by atomic mass is 32.3. The molecule has 0 aliphatic heterocycles. The Bertz CT molecular complexity index is 675. The molecule has 0 spiro atoms. The molecule has 0 saturated heterocycles. The van der Waals surface area contributed by atoms with Crippen molar-refractivity contribution in [3.8, 4) is 0 Å². The third-order valence-corrected chi connectivity index (χ3v) is 12.2. The van der Waals surface area contributed by atoms with Crippen molar-refractivity contribution in [2.45, 2.75) is 89.6 Å². The van der Waals surface area contributed by atoms with E-state index >= 15 is 0 Å². The van der Waals surface area contributed by atoms with Gasteiger partial charge >= 0.3 is 11.0 Å². The van der Waals surface area contributed by atoms with Crippen molar-refractivity contribution in [1.82, 2.24) is 0 Å². The molecule has 0 aliphatic rings. The average molecular weight is 570 g/mol. The van der Waals surface area contributed by atoms with Gasteiger partial charge < -0.3 is 8.86 Å². The molecule has 0 aliphatic carbocycles. The van der Waals surface area contributed by atoms with Gasteiger partial charge in [-0.3, -0.25) is 0 Å². The smallest absolute Gasteiger partial charge is 0.421 e. The molecule has 0 bridgehead atoms. The molecule has 0 saturated carbocycles. The molecule has 34 heavy (non-hydrogen) atoms. The van der Waals surface area contributed by atoms with Crippen LogP contribution in [0, 0.1) is 0 Å². The summed E-state index contributed by atoms with van der Waals surface area (Å²) in [5.74, 6) is 0. The Balaban J connectivity index is 0. The Morgan fingerprint density at radius 1 is 0.647 bits per heavy atom. The van der Waals surface area contributed by atoms with Gasteiger partial charge in [0.2, 0.25) is 0 Å². The number of unbranched alkanes of at least 4 members (excludes halogenated alkanes) is 6. The first-order valence-electron chi connectivity index (χ1n) is 11.2. The quantitative estimate of drug-likeness (QED) is 0.111. The van der Waals surface area contributed by atoms with Crippen LogP contribution in [0.4, 0.5) is 26.3 Å². The lowest BCUT2D eigenvalue weighted by Crippen LogP contribution is -2.30. The first-order chi connectivity index (χ1) is 15.4. The van der Waals surface area contributed by atoms with Crippen LogP contribution in [0.25, 0.3) is 4.13 Å². The van der Waals surface area contributed by atoms with E-state index in [0.29, 0.717) is 0 Å². The maximum Gasteiger partial charge on any atom is 0.480 e. The number of alkyl halides is 6. The van der Waals surface area contributed by atoms with E-state index in [2.05, 4.69) is 20.8 Å². The summed E-state index contributed by atoms with van der Waals surface area (Å²) in [6, 6.07) is 0. The van der Waals surface area contributed by atoms with E-state index in [0.717, 1.165) is 10.5 Å². The van der Waals surface area contributed by atoms with Crippen LogP contribution in [-0.4, -0.2) is 59.8 Å². The van der Waals surface area contributed by atoms with Crippen LogP contribution in [0.5, 0.6) is 0 Å². The number of hydrogen-bond acceptors (Lipinski definition) is 5. The molecule has 15 heteroatoms. The third-order valence-electron chi connectivity index (χ3n) is 4.89. The largest absolute Gasteiger partial charge is 0.480 e. The highest BCUT2D eigenvalue weighted by Gasteiger charge is 2.47. The molecule has 0 N–H and O–H groups in total. The highest BCUT2D eigenvalue weighted by molar-refractivity contribution is 8.13. The maximum absolute atomic E-state index is 11.4. The number of nitrogens with zero attached hydrogens (tertiary/aromatic N) is 1. The van der Waals surface area contributed by atoms with Gasteiger partial charge in [0.15, 0.2) is 26.4 Å². The summed E-state index contributed by atoms with van der Waals surface area (Å²) < 4.78 is 115. The summed E-state index contributed by atoms with van der Waals surface area (Å²) in [6.45, 7) is 6.93. The molecule has 0 heterocycles. The minimum absolute atomic E-state index is 0.778. The van der Waals surface area contributed by atoms with E-state index in [-0.39, 0.29) is 0 Å². The second kappa shape index (κ2) is 16.6. The fourth-order valence-corrected chi connectivity index (χ4v) is 9.11. The van der Waals surface area contributed by atoms with Crippen LogP contribution in [0.3, 0.4) is 0 Å². The Kier molecular flexibility index (Phi) is 17.5. The van der Waals surface area contributed by atoms with Gasteiger partial charge in [0.1, 0.15) is 0 Å². The van der Waals surface area contributed by atoms with Crippen LogP contribution in [0.2, 0.25) is 0 Å². The molecule has 208 valence electrons. The fraction of sp³-hybridized carbons (Fsp3) is 1.00. The monoisotopic (exact) mass is 569 g/mol. The molecule has 0 aromatic heterocycles. The molecule has 0 amide bonds. The predicted octanol–water partition coefficient (Wildman–Crippen LogP) is 7.24. The summed E-state index contributed by atoms with van der Waals surface area (Å²) in [5.41, 5.74) is -12.4. The number of sulfonamides is 2. The second-order valence-corrected chi connectivity index (χ2v) is 15.7. The summed E-state index contributed by atoms with van der Waals surface area (Å²) in [5, 5.41) is 0. The summed E-state index contributed by atoms with van der Waals surface area (Å²) in [7, 11) is -12.3. The van der Waals surface area contributed by atoms with Crippen LogP contribution in [-0.2, 0) is 24.8 Å². The molecule has 0 atom stereocenters. The Morgan fingerprint density at radius 2 is 0.941 bits per heavy atom. The van der Waals surface area contributed by atoms with Crippen molar-refractivity contribution in [3.05, 3.63) is 4.13 Å². The second-order valence-electron chi connectivity index (χ2n) is 7.97. The topological polar surface area (TPSA) is 91.6 Å². The van der Waals surface area contributed by atoms with Gasteiger partial charge in [-0.1, -0.05) is 59.3 Å². The van der Waals surface area contributed by atoms with Crippen LogP contribution >= 0.6 is 7.26 Å². The van der Waals surface area contributed by atoms with Crippen molar-refractivity contribution in [1.29, 1.82) is 0 Å². The van der Waals surface area contributed by atoms with Gasteiger partial charge in [-0.25, -0.2) is 16.8 Å². The molecule has 6 nitrogen and oxygen atoms in total. The van der Waals surface area contributed by atoms with Gasteiger partial charge in [-0.15, -0.1) is 0 Å². The van der Waals surface area contributed by atoms with Crippen LogP contribution < -0.4 is 0 Å². The normalized spacial score (nSPS) is 13.5. The van der Waals surface area contributed by atoms with E-state index in [1.807, 2.05) is 7.11 Å². The van der Waals surface area contributed by atoms with E-state index in [4.69, 9.17) is 4.74 Å².